The van der Waals surface area contributed by atoms with E-state index in [1.165, 1.54) is 4.57 Å². The number of nitrogens with one attached hydrogen (secondary N) is 1. The molecule has 1 N–H and O–H groups in total. The Morgan fingerprint density at radius 2 is 2.22 bits per heavy atom. The summed E-state index contributed by atoms with van der Waals surface area (Å²) in [6.07, 6.45) is 0. The SMILES string of the molecule is CCN1N=C(c2cccs2)Cn2c1nc1c2c(=O)[nH]c(=O)n1C. The molecule has 0 spiro atoms. The monoisotopic (exact) mass is 330 g/mol. The van der Waals surface area contributed by atoms with Gasteiger partial charge in [-0.05, 0) is 18.4 Å². The highest BCUT2D eigenvalue weighted by atomic mass is 32.1. The summed E-state index contributed by atoms with van der Waals surface area (Å²) >= 11 is 1.60. The summed E-state index contributed by atoms with van der Waals surface area (Å²) < 4.78 is 3.17. The summed E-state index contributed by atoms with van der Waals surface area (Å²) in [6, 6.07) is 3.97. The van der Waals surface area contributed by atoms with Gasteiger partial charge in [-0.3, -0.25) is 18.9 Å². The first-order valence-corrected chi connectivity index (χ1v) is 8.06. The number of anilines is 1. The molecule has 0 bridgehead atoms. The van der Waals surface area contributed by atoms with Crippen LogP contribution in [0.25, 0.3) is 11.2 Å². The van der Waals surface area contributed by atoms with Gasteiger partial charge in [-0.15, -0.1) is 11.3 Å². The molecule has 0 radical (unpaired) electrons. The second kappa shape index (κ2) is 4.92. The minimum absolute atomic E-state index is 0.370. The largest absolute Gasteiger partial charge is 0.329 e. The fourth-order valence-electron chi connectivity index (χ4n) is 2.72. The lowest BCUT2D eigenvalue weighted by Gasteiger charge is -2.24. The Morgan fingerprint density at radius 1 is 1.39 bits per heavy atom. The first-order chi connectivity index (χ1) is 11.1. The van der Waals surface area contributed by atoms with Gasteiger partial charge in [0.2, 0.25) is 5.95 Å². The molecule has 3 aromatic rings. The van der Waals surface area contributed by atoms with Gasteiger partial charge in [0, 0.05) is 13.6 Å². The van der Waals surface area contributed by atoms with E-state index in [1.54, 1.807) is 23.4 Å². The van der Waals surface area contributed by atoms with Crippen molar-refractivity contribution in [3.05, 3.63) is 43.2 Å². The molecule has 1 aliphatic heterocycles. The van der Waals surface area contributed by atoms with Crippen LogP contribution < -0.4 is 16.3 Å². The van der Waals surface area contributed by atoms with Gasteiger partial charge in [-0.2, -0.15) is 10.1 Å². The van der Waals surface area contributed by atoms with Crippen molar-refractivity contribution in [2.75, 3.05) is 11.6 Å². The number of rotatable bonds is 2. The van der Waals surface area contributed by atoms with E-state index in [2.05, 4.69) is 15.1 Å². The smallest absolute Gasteiger partial charge is 0.297 e. The fraction of sp³-hybridized carbons (Fsp3) is 0.286. The summed E-state index contributed by atoms with van der Waals surface area (Å²) in [6.45, 7) is 3.03. The lowest BCUT2D eigenvalue weighted by atomic mass is 10.3. The zero-order valence-corrected chi connectivity index (χ0v) is 13.4. The Labute approximate surface area is 134 Å². The highest BCUT2D eigenvalue weighted by molar-refractivity contribution is 7.12. The van der Waals surface area contributed by atoms with Gasteiger partial charge in [-0.1, -0.05) is 6.07 Å². The number of thiophene rings is 1. The van der Waals surface area contributed by atoms with Crippen LogP contribution in [-0.2, 0) is 13.6 Å². The number of hydrogen-bond donors (Lipinski definition) is 1. The van der Waals surface area contributed by atoms with Gasteiger partial charge in [0.15, 0.2) is 11.2 Å². The third-order valence-electron chi connectivity index (χ3n) is 3.87. The number of fused-ring (bicyclic) bond motifs is 3. The Hall–Kier alpha value is -2.68. The van der Waals surface area contributed by atoms with Crippen molar-refractivity contribution in [1.82, 2.24) is 19.1 Å². The van der Waals surface area contributed by atoms with Crippen LogP contribution in [-0.4, -0.2) is 31.4 Å². The summed E-state index contributed by atoms with van der Waals surface area (Å²) in [5.74, 6) is 0.578. The van der Waals surface area contributed by atoms with E-state index in [1.807, 2.05) is 29.0 Å². The average molecular weight is 330 g/mol. The van der Waals surface area contributed by atoms with Crippen molar-refractivity contribution in [2.45, 2.75) is 13.5 Å². The van der Waals surface area contributed by atoms with Crippen molar-refractivity contribution in [1.29, 1.82) is 0 Å². The number of hydrazone groups is 1. The Balaban J connectivity index is 2.00. The van der Waals surface area contributed by atoms with Crippen LogP contribution in [0, 0.1) is 0 Å². The van der Waals surface area contributed by atoms with Crippen LogP contribution in [0.15, 0.2) is 32.2 Å². The number of aryl methyl sites for hydroxylation is 1. The van der Waals surface area contributed by atoms with Gasteiger partial charge in [0.05, 0.1) is 17.1 Å². The third-order valence-corrected chi connectivity index (χ3v) is 4.79. The molecule has 118 valence electrons. The van der Waals surface area contributed by atoms with Crippen LogP contribution in [0.2, 0.25) is 0 Å². The van der Waals surface area contributed by atoms with E-state index in [-0.39, 0.29) is 0 Å². The molecule has 0 atom stereocenters. The number of hydrogen-bond acceptors (Lipinski definition) is 6. The van der Waals surface area contributed by atoms with Crippen molar-refractivity contribution in [3.63, 3.8) is 0 Å². The Bertz CT molecular complexity index is 1040. The minimum Gasteiger partial charge on any atom is -0.297 e. The molecule has 0 saturated carbocycles. The normalized spacial score (nSPS) is 14.2. The first-order valence-electron chi connectivity index (χ1n) is 7.18. The molecular weight excluding hydrogens is 316 g/mol. The second-order valence-electron chi connectivity index (χ2n) is 5.23. The number of imidazole rings is 1. The molecule has 0 aliphatic carbocycles. The van der Waals surface area contributed by atoms with E-state index in [0.29, 0.717) is 30.2 Å². The maximum atomic E-state index is 12.3. The van der Waals surface area contributed by atoms with Crippen LogP contribution in [0.4, 0.5) is 5.95 Å². The molecule has 0 aromatic carbocycles. The number of aromatic amines is 1. The van der Waals surface area contributed by atoms with Crippen molar-refractivity contribution in [2.24, 2.45) is 12.1 Å². The maximum Gasteiger partial charge on any atom is 0.329 e. The van der Waals surface area contributed by atoms with Gasteiger partial charge in [0.1, 0.15) is 0 Å². The molecule has 3 aromatic heterocycles. The Morgan fingerprint density at radius 3 is 2.91 bits per heavy atom. The molecule has 0 amide bonds. The summed E-state index contributed by atoms with van der Waals surface area (Å²) in [5.41, 5.74) is 0.743. The summed E-state index contributed by atoms with van der Waals surface area (Å²) in [7, 11) is 1.59. The lowest BCUT2D eigenvalue weighted by Crippen LogP contribution is -2.32. The van der Waals surface area contributed by atoms with E-state index >= 15 is 0 Å². The minimum atomic E-state index is -0.472. The van der Waals surface area contributed by atoms with Gasteiger partial charge in [0.25, 0.3) is 5.56 Å². The second-order valence-corrected chi connectivity index (χ2v) is 6.18. The standard InChI is InChI=1S/C14H14N6O2S/c1-3-20-13-15-11-10(12(21)16-14(22)18(11)2)19(13)7-8(17-20)9-5-4-6-23-9/h4-6H,3,7H2,1-2H3,(H,16,21,22). The van der Waals surface area contributed by atoms with Crippen LogP contribution >= 0.6 is 11.3 Å². The van der Waals surface area contributed by atoms with Gasteiger partial charge < -0.3 is 0 Å². The zero-order valence-electron chi connectivity index (χ0n) is 12.6. The quantitative estimate of drug-likeness (QED) is 0.750. The first kappa shape index (κ1) is 13.9. The van der Waals surface area contributed by atoms with Crippen LogP contribution in [0.3, 0.4) is 0 Å². The molecule has 1 aliphatic rings. The topological polar surface area (TPSA) is 88.3 Å². The maximum absolute atomic E-state index is 12.3. The highest BCUT2D eigenvalue weighted by Gasteiger charge is 2.26. The van der Waals surface area contributed by atoms with E-state index in [4.69, 9.17) is 0 Å². The van der Waals surface area contributed by atoms with E-state index in [0.717, 1.165) is 10.6 Å². The lowest BCUT2D eigenvalue weighted by molar-refractivity contribution is 0.740. The summed E-state index contributed by atoms with van der Waals surface area (Å²) in [5, 5.41) is 8.38. The average Bonchev–Trinajstić information content (AvgIpc) is 3.19. The molecule has 4 heterocycles. The van der Waals surface area contributed by atoms with Crippen molar-refractivity contribution in [3.8, 4) is 0 Å². The predicted molar refractivity (Wildman–Crippen MR) is 89.5 cm³/mol. The van der Waals surface area contributed by atoms with Gasteiger partial charge in [-0.25, -0.2) is 9.80 Å². The molecule has 8 nitrogen and oxygen atoms in total. The molecule has 0 unspecified atom stereocenters. The highest BCUT2D eigenvalue weighted by Crippen LogP contribution is 2.25. The van der Waals surface area contributed by atoms with Crippen LogP contribution in [0.5, 0.6) is 0 Å². The fourth-order valence-corrected chi connectivity index (χ4v) is 3.43. The molecule has 4 rings (SSSR count). The Kier molecular flexibility index (Phi) is 2.98. The van der Waals surface area contributed by atoms with E-state index in [9.17, 15) is 9.59 Å². The third kappa shape index (κ3) is 1.96. The zero-order chi connectivity index (χ0) is 16.1. The predicted octanol–water partition coefficient (Wildman–Crippen LogP) is 0.729. The molecule has 0 fully saturated rings. The van der Waals surface area contributed by atoms with E-state index < -0.39 is 11.2 Å². The molecule has 23 heavy (non-hydrogen) atoms. The summed E-state index contributed by atoms with van der Waals surface area (Å²) in [4.78, 5) is 31.9. The van der Waals surface area contributed by atoms with Crippen LogP contribution in [0.1, 0.15) is 11.8 Å². The van der Waals surface area contributed by atoms with Crippen molar-refractivity contribution >= 4 is 34.2 Å². The molecule has 0 saturated heterocycles. The number of H-pyrrole nitrogens is 1. The molecule has 9 heteroatoms. The number of nitrogens with zero attached hydrogens (tertiary/aromatic N) is 5. The number of aromatic nitrogens is 4. The molecular formula is C14H14N6O2S. The van der Waals surface area contributed by atoms with Gasteiger partial charge >= 0.3 is 5.69 Å². The van der Waals surface area contributed by atoms with Crippen molar-refractivity contribution < 1.29 is 0 Å².